The maximum Gasteiger partial charge on any atom is 0.254 e. The molecule has 0 aliphatic carbocycles. The van der Waals surface area contributed by atoms with Crippen molar-refractivity contribution < 1.29 is 14.4 Å². The summed E-state index contributed by atoms with van der Waals surface area (Å²) in [5, 5.41) is 0.841. The van der Waals surface area contributed by atoms with Crippen LogP contribution < -0.4 is 0 Å². The first kappa shape index (κ1) is 28.6. The Morgan fingerprint density at radius 3 is 2.00 bits per heavy atom. The Morgan fingerprint density at radius 2 is 1.33 bits per heavy atom. The van der Waals surface area contributed by atoms with Crippen LogP contribution in [0.25, 0.3) is 22.2 Å². The number of likely N-dealkylation sites (tertiary alicyclic amines) is 1. The number of pyridine rings is 1. The number of rotatable bonds is 5. The molecule has 6 rings (SSSR count). The Morgan fingerprint density at radius 1 is 0.698 bits per heavy atom. The van der Waals surface area contributed by atoms with Crippen LogP contribution in [0.2, 0.25) is 0 Å². The summed E-state index contributed by atoms with van der Waals surface area (Å²) in [5.41, 5.74) is 4.34. The van der Waals surface area contributed by atoms with Gasteiger partial charge in [0.1, 0.15) is 0 Å². The van der Waals surface area contributed by atoms with Crippen molar-refractivity contribution in [1.29, 1.82) is 0 Å². The molecule has 8 nitrogen and oxygen atoms in total. The van der Waals surface area contributed by atoms with E-state index in [1.165, 1.54) is 0 Å². The SMILES string of the molecule is CN(C)C(=O)c1ccc(-c2cc(C(=O)N3CCN(C4CCN(C(=O)c5ccccc5)CC4)CC3)c3ccccc3n2)cc1. The van der Waals surface area contributed by atoms with Crippen molar-refractivity contribution in [2.24, 2.45) is 0 Å². The van der Waals surface area contributed by atoms with E-state index >= 15 is 0 Å². The highest BCUT2D eigenvalue weighted by molar-refractivity contribution is 6.07. The van der Waals surface area contributed by atoms with Gasteiger partial charge in [-0.05, 0) is 49.2 Å². The number of amides is 3. The lowest BCUT2D eigenvalue weighted by Gasteiger charge is -2.42. The molecule has 2 fully saturated rings. The molecule has 2 saturated heterocycles. The van der Waals surface area contributed by atoms with Crippen molar-refractivity contribution >= 4 is 28.6 Å². The summed E-state index contributed by atoms with van der Waals surface area (Å²) in [6, 6.07) is 27.0. The maximum absolute atomic E-state index is 13.9. The minimum Gasteiger partial charge on any atom is -0.345 e. The van der Waals surface area contributed by atoms with Gasteiger partial charge in [-0.1, -0.05) is 48.5 Å². The first-order chi connectivity index (χ1) is 20.9. The van der Waals surface area contributed by atoms with Crippen molar-refractivity contribution in [2.45, 2.75) is 18.9 Å². The third-order valence-electron chi connectivity index (χ3n) is 8.67. The summed E-state index contributed by atoms with van der Waals surface area (Å²) in [7, 11) is 3.47. The largest absolute Gasteiger partial charge is 0.345 e. The Bertz CT molecular complexity index is 1620. The zero-order chi connectivity index (χ0) is 29.9. The van der Waals surface area contributed by atoms with E-state index in [2.05, 4.69) is 4.90 Å². The van der Waals surface area contributed by atoms with Gasteiger partial charge in [-0.3, -0.25) is 19.3 Å². The standard InChI is InChI=1S/C35H37N5O3/c1-37(2)33(41)27-14-12-25(13-15-27)32-24-30(29-10-6-7-11-31(29)36-32)35(43)40-22-20-38(21-23-40)28-16-18-39(19-17-28)34(42)26-8-4-3-5-9-26/h3-15,24,28H,16-23H2,1-2H3. The second-order valence-corrected chi connectivity index (χ2v) is 11.6. The summed E-state index contributed by atoms with van der Waals surface area (Å²) >= 11 is 0. The molecule has 0 radical (unpaired) electrons. The van der Waals surface area contributed by atoms with Gasteiger partial charge in [0.2, 0.25) is 0 Å². The fraction of sp³-hybridized carbons (Fsp3) is 0.314. The molecule has 3 heterocycles. The topological polar surface area (TPSA) is 77.1 Å². The number of piperidine rings is 1. The van der Waals surface area contributed by atoms with Gasteiger partial charge in [-0.15, -0.1) is 0 Å². The number of carbonyl (C=O) groups excluding carboxylic acids is 3. The van der Waals surface area contributed by atoms with E-state index in [1.807, 2.05) is 82.6 Å². The van der Waals surface area contributed by atoms with Gasteiger partial charge >= 0.3 is 0 Å². The van der Waals surface area contributed by atoms with Gasteiger partial charge in [0.25, 0.3) is 17.7 Å². The van der Waals surface area contributed by atoms with E-state index in [4.69, 9.17) is 4.98 Å². The molecule has 43 heavy (non-hydrogen) atoms. The second kappa shape index (κ2) is 12.4. The highest BCUT2D eigenvalue weighted by atomic mass is 16.2. The van der Waals surface area contributed by atoms with Crippen LogP contribution in [-0.4, -0.2) is 102 Å². The van der Waals surface area contributed by atoms with Gasteiger partial charge in [-0.2, -0.15) is 0 Å². The Balaban J connectivity index is 1.12. The number of para-hydroxylation sites is 1. The molecular weight excluding hydrogens is 538 g/mol. The van der Waals surface area contributed by atoms with Crippen molar-refractivity contribution in [3.05, 3.63) is 102 Å². The second-order valence-electron chi connectivity index (χ2n) is 11.6. The van der Waals surface area contributed by atoms with Gasteiger partial charge in [0.05, 0.1) is 16.8 Å². The number of fused-ring (bicyclic) bond motifs is 1. The average Bonchev–Trinajstić information content (AvgIpc) is 3.07. The molecule has 0 spiro atoms. The van der Waals surface area contributed by atoms with E-state index in [0.717, 1.165) is 61.1 Å². The predicted octanol–water partition coefficient (Wildman–Crippen LogP) is 4.67. The zero-order valence-electron chi connectivity index (χ0n) is 24.8. The quantitative estimate of drug-likeness (QED) is 0.346. The van der Waals surface area contributed by atoms with E-state index in [-0.39, 0.29) is 17.7 Å². The molecule has 3 amide bonds. The number of piperazine rings is 1. The Kier molecular flexibility index (Phi) is 8.20. The first-order valence-corrected chi connectivity index (χ1v) is 15.0. The Hall–Kier alpha value is -4.56. The van der Waals surface area contributed by atoms with E-state index in [0.29, 0.717) is 36.0 Å². The van der Waals surface area contributed by atoms with E-state index < -0.39 is 0 Å². The monoisotopic (exact) mass is 575 g/mol. The third-order valence-corrected chi connectivity index (χ3v) is 8.67. The van der Waals surface area contributed by atoms with Crippen molar-refractivity contribution in [3.63, 3.8) is 0 Å². The molecule has 220 valence electrons. The fourth-order valence-corrected chi connectivity index (χ4v) is 6.20. The number of aromatic nitrogens is 1. The molecule has 3 aromatic carbocycles. The molecule has 0 N–H and O–H groups in total. The predicted molar refractivity (Wildman–Crippen MR) is 168 cm³/mol. The molecule has 4 aromatic rings. The lowest BCUT2D eigenvalue weighted by molar-refractivity contribution is 0.0413. The molecular formula is C35H37N5O3. The maximum atomic E-state index is 13.9. The number of hydrogen-bond acceptors (Lipinski definition) is 5. The third kappa shape index (κ3) is 6.01. The number of nitrogens with zero attached hydrogens (tertiary/aromatic N) is 5. The van der Waals surface area contributed by atoms with Crippen LogP contribution in [0.5, 0.6) is 0 Å². The van der Waals surface area contributed by atoms with Gasteiger partial charge in [0, 0.05) is 81.5 Å². The molecule has 1 aromatic heterocycles. The molecule has 0 saturated carbocycles. The van der Waals surface area contributed by atoms with Crippen molar-refractivity contribution in [2.75, 3.05) is 53.4 Å². The van der Waals surface area contributed by atoms with E-state index in [1.54, 1.807) is 31.1 Å². The zero-order valence-corrected chi connectivity index (χ0v) is 24.8. The lowest BCUT2D eigenvalue weighted by Crippen LogP contribution is -2.54. The van der Waals surface area contributed by atoms with Crippen molar-refractivity contribution in [1.82, 2.24) is 24.6 Å². The first-order valence-electron chi connectivity index (χ1n) is 15.0. The van der Waals surface area contributed by atoms with Crippen LogP contribution in [0.15, 0.2) is 84.9 Å². The van der Waals surface area contributed by atoms with Crippen LogP contribution in [0.3, 0.4) is 0 Å². The highest BCUT2D eigenvalue weighted by Gasteiger charge is 2.31. The molecule has 2 aliphatic rings. The van der Waals surface area contributed by atoms with Gasteiger partial charge in [-0.25, -0.2) is 4.98 Å². The summed E-state index contributed by atoms with van der Waals surface area (Å²) < 4.78 is 0. The minimum atomic E-state index is -0.0562. The van der Waals surface area contributed by atoms with Crippen molar-refractivity contribution in [3.8, 4) is 11.3 Å². The summed E-state index contributed by atoms with van der Waals surface area (Å²) in [6.45, 7) is 4.48. The highest BCUT2D eigenvalue weighted by Crippen LogP contribution is 2.27. The van der Waals surface area contributed by atoms with Crippen LogP contribution >= 0.6 is 0 Å². The normalized spacial score (nSPS) is 16.3. The summed E-state index contributed by atoms with van der Waals surface area (Å²) in [4.78, 5) is 51.9. The number of benzene rings is 3. The lowest BCUT2D eigenvalue weighted by atomic mass is 10.0. The molecule has 0 unspecified atom stereocenters. The smallest absolute Gasteiger partial charge is 0.254 e. The molecule has 2 aliphatic heterocycles. The summed E-state index contributed by atoms with van der Waals surface area (Å²) in [6.07, 6.45) is 1.90. The Labute approximate surface area is 252 Å². The van der Waals surface area contributed by atoms with E-state index in [9.17, 15) is 14.4 Å². The average molecular weight is 576 g/mol. The minimum absolute atomic E-state index is 0.0159. The van der Waals surface area contributed by atoms with Crippen LogP contribution in [0, 0.1) is 0 Å². The number of hydrogen-bond donors (Lipinski definition) is 0. The van der Waals surface area contributed by atoms with Crippen LogP contribution in [-0.2, 0) is 0 Å². The number of carbonyl (C=O) groups is 3. The summed E-state index contributed by atoms with van der Waals surface area (Å²) in [5.74, 6) is 0.0675. The fourth-order valence-electron chi connectivity index (χ4n) is 6.20. The molecule has 0 bridgehead atoms. The molecule has 0 atom stereocenters. The van der Waals surface area contributed by atoms with Crippen LogP contribution in [0.1, 0.15) is 43.9 Å². The van der Waals surface area contributed by atoms with Crippen LogP contribution in [0.4, 0.5) is 0 Å². The van der Waals surface area contributed by atoms with Gasteiger partial charge < -0.3 is 14.7 Å². The van der Waals surface area contributed by atoms with Gasteiger partial charge in [0.15, 0.2) is 0 Å². The molecule has 8 heteroatoms.